The van der Waals surface area contributed by atoms with Crippen molar-refractivity contribution in [1.82, 2.24) is 0 Å². The van der Waals surface area contributed by atoms with Gasteiger partial charge in [-0.25, -0.2) is 0 Å². The van der Waals surface area contributed by atoms with Crippen molar-refractivity contribution in [2.75, 3.05) is 0 Å². The Hall–Kier alpha value is -0.920. The van der Waals surface area contributed by atoms with Gasteiger partial charge in [-0.2, -0.15) is 0 Å². The molecule has 0 bridgehead atoms. The summed E-state index contributed by atoms with van der Waals surface area (Å²) in [6.07, 6.45) is 0. The van der Waals surface area contributed by atoms with Crippen LogP contribution in [0.1, 0.15) is 27.7 Å². The molecule has 0 aromatic carbocycles. The molecule has 66 valence electrons. The van der Waals surface area contributed by atoms with Crippen LogP contribution < -0.4 is 0 Å². The number of rotatable bonds is 0. The highest BCUT2D eigenvalue weighted by Gasteiger charge is 2.56. The van der Waals surface area contributed by atoms with Crippen molar-refractivity contribution < 1.29 is 9.59 Å². The summed E-state index contributed by atoms with van der Waals surface area (Å²) in [5, 5.41) is 0. The molecule has 12 heavy (non-hydrogen) atoms. The number of hydrogen-bond donors (Lipinski definition) is 0. The first-order valence-corrected chi connectivity index (χ1v) is 4.01. The summed E-state index contributed by atoms with van der Waals surface area (Å²) in [6, 6.07) is 0. The van der Waals surface area contributed by atoms with E-state index in [0.717, 1.165) is 0 Å². The zero-order valence-corrected chi connectivity index (χ0v) is 8.02. The van der Waals surface area contributed by atoms with Crippen LogP contribution in [-0.4, -0.2) is 11.6 Å². The second-order valence-electron chi connectivity index (χ2n) is 4.39. The Morgan fingerprint density at radius 3 is 1.25 bits per heavy atom. The molecular formula is C10H14O2. The first kappa shape index (κ1) is 9.17. The van der Waals surface area contributed by atoms with Crippen LogP contribution in [0.3, 0.4) is 0 Å². The highest BCUT2D eigenvalue weighted by Crippen LogP contribution is 2.48. The van der Waals surface area contributed by atoms with Gasteiger partial charge in [0.25, 0.3) is 0 Å². The minimum Gasteiger partial charge on any atom is -0.293 e. The molecule has 0 aromatic rings. The van der Waals surface area contributed by atoms with Crippen LogP contribution in [0, 0.1) is 10.8 Å². The quantitative estimate of drug-likeness (QED) is 0.406. The van der Waals surface area contributed by atoms with E-state index in [0.29, 0.717) is 0 Å². The number of ketones is 2. The molecule has 0 aromatic heterocycles. The van der Waals surface area contributed by atoms with Crippen molar-refractivity contribution in [1.29, 1.82) is 0 Å². The van der Waals surface area contributed by atoms with Gasteiger partial charge in [0, 0.05) is 10.8 Å². The lowest BCUT2D eigenvalue weighted by Crippen LogP contribution is -2.35. The lowest BCUT2D eigenvalue weighted by Gasteiger charge is -2.30. The van der Waals surface area contributed by atoms with Crippen LogP contribution in [0.5, 0.6) is 0 Å². The van der Waals surface area contributed by atoms with Crippen molar-refractivity contribution in [2.45, 2.75) is 27.7 Å². The molecule has 0 heterocycles. The monoisotopic (exact) mass is 166 g/mol. The van der Waals surface area contributed by atoms with Crippen LogP contribution in [0.4, 0.5) is 0 Å². The van der Waals surface area contributed by atoms with Gasteiger partial charge in [0.1, 0.15) is 0 Å². The summed E-state index contributed by atoms with van der Waals surface area (Å²) >= 11 is 0. The van der Waals surface area contributed by atoms with E-state index in [1.54, 1.807) is 27.7 Å². The maximum Gasteiger partial charge on any atom is 0.172 e. The van der Waals surface area contributed by atoms with Crippen molar-refractivity contribution >= 4 is 11.6 Å². The van der Waals surface area contributed by atoms with Crippen LogP contribution in [-0.2, 0) is 9.59 Å². The van der Waals surface area contributed by atoms with Crippen molar-refractivity contribution in [3.63, 3.8) is 0 Å². The SMILES string of the molecule is C=C1C(=O)C(C)(C)C(C)(C)C1=O. The van der Waals surface area contributed by atoms with Gasteiger partial charge in [-0.1, -0.05) is 34.3 Å². The highest BCUT2D eigenvalue weighted by molar-refractivity contribution is 6.29. The van der Waals surface area contributed by atoms with E-state index in [9.17, 15) is 9.59 Å². The molecule has 2 heteroatoms. The van der Waals surface area contributed by atoms with E-state index in [1.165, 1.54) is 0 Å². The number of carbonyl (C=O) groups excluding carboxylic acids is 2. The molecule has 0 atom stereocenters. The molecule has 0 unspecified atom stereocenters. The Bertz CT molecular complexity index is 254. The molecule has 0 radical (unpaired) electrons. The maximum absolute atomic E-state index is 11.5. The molecule has 1 rings (SSSR count). The summed E-state index contributed by atoms with van der Waals surface area (Å²) < 4.78 is 0. The van der Waals surface area contributed by atoms with E-state index in [2.05, 4.69) is 6.58 Å². The van der Waals surface area contributed by atoms with E-state index >= 15 is 0 Å². The molecule has 0 spiro atoms. The van der Waals surface area contributed by atoms with E-state index < -0.39 is 10.8 Å². The first-order valence-electron chi connectivity index (χ1n) is 4.01. The summed E-state index contributed by atoms with van der Waals surface area (Å²) in [7, 11) is 0. The normalized spacial score (nSPS) is 26.5. The zero-order valence-electron chi connectivity index (χ0n) is 8.02. The Morgan fingerprint density at radius 2 is 1.17 bits per heavy atom. The summed E-state index contributed by atoms with van der Waals surface area (Å²) in [4.78, 5) is 23.1. The average molecular weight is 166 g/mol. The number of hydrogen-bond acceptors (Lipinski definition) is 2. The number of Topliss-reactive ketones (excluding diaryl/α,β-unsaturated/α-hetero) is 2. The Labute approximate surface area is 72.7 Å². The summed E-state index contributed by atoms with van der Waals surface area (Å²) in [6.45, 7) is 10.7. The number of allylic oxidation sites excluding steroid dienone is 1. The van der Waals surface area contributed by atoms with Gasteiger partial charge >= 0.3 is 0 Å². The Morgan fingerprint density at radius 1 is 0.917 bits per heavy atom. The van der Waals surface area contributed by atoms with Crippen molar-refractivity contribution in [3.8, 4) is 0 Å². The summed E-state index contributed by atoms with van der Waals surface area (Å²) in [5.74, 6) is -0.227. The molecule has 1 saturated carbocycles. The zero-order chi connectivity index (χ0) is 9.73. The van der Waals surface area contributed by atoms with Crippen molar-refractivity contribution in [3.05, 3.63) is 12.2 Å². The molecule has 1 fully saturated rings. The van der Waals surface area contributed by atoms with Gasteiger partial charge in [-0.3, -0.25) is 9.59 Å². The number of carbonyl (C=O) groups is 2. The third-order valence-electron chi connectivity index (χ3n) is 3.25. The van der Waals surface area contributed by atoms with Crippen molar-refractivity contribution in [2.24, 2.45) is 10.8 Å². The van der Waals surface area contributed by atoms with Crippen LogP contribution in [0.25, 0.3) is 0 Å². The van der Waals surface area contributed by atoms with Gasteiger partial charge < -0.3 is 0 Å². The standard InChI is InChI=1S/C10H14O2/c1-6-7(11)9(2,3)10(4,5)8(6)12/h1H2,2-5H3. The molecule has 2 nitrogen and oxygen atoms in total. The molecule has 1 aliphatic rings. The van der Waals surface area contributed by atoms with Gasteiger partial charge in [-0.15, -0.1) is 0 Å². The highest BCUT2D eigenvalue weighted by atomic mass is 16.2. The molecule has 0 saturated heterocycles. The minimum absolute atomic E-state index is 0.113. The Kier molecular flexibility index (Phi) is 1.58. The van der Waals surface area contributed by atoms with E-state index in [4.69, 9.17) is 0 Å². The van der Waals surface area contributed by atoms with E-state index in [-0.39, 0.29) is 17.1 Å². The van der Waals surface area contributed by atoms with E-state index in [1.807, 2.05) is 0 Å². The fourth-order valence-corrected chi connectivity index (χ4v) is 1.43. The lowest BCUT2D eigenvalue weighted by molar-refractivity contribution is -0.129. The largest absolute Gasteiger partial charge is 0.293 e. The molecule has 0 amide bonds. The molecule has 0 aliphatic heterocycles. The second kappa shape index (κ2) is 2.06. The fourth-order valence-electron chi connectivity index (χ4n) is 1.43. The molecule has 0 N–H and O–H groups in total. The average Bonchev–Trinajstić information content (AvgIpc) is 2.05. The topological polar surface area (TPSA) is 34.1 Å². The smallest absolute Gasteiger partial charge is 0.172 e. The van der Waals surface area contributed by atoms with Gasteiger partial charge in [0.05, 0.1) is 5.57 Å². The van der Waals surface area contributed by atoms with Crippen LogP contribution in [0.15, 0.2) is 12.2 Å². The molecule has 1 aliphatic carbocycles. The third-order valence-corrected chi connectivity index (χ3v) is 3.25. The predicted molar refractivity (Wildman–Crippen MR) is 46.7 cm³/mol. The van der Waals surface area contributed by atoms with Gasteiger partial charge in [-0.05, 0) is 0 Å². The first-order chi connectivity index (χ1) is 5.23. The summed E-state index contributed by atoms with van der Waals surface area (Å²) in [5.41, 5.74) is -1.03. The van der Waals surface area contributed by atoms with Gasteiger partial charge in [0.15, 0.2) is 11.6 Å². The maximum atomic E-state index is 11.5. The Balaban J connectivity index is 3.33. The predicted octanol–water partition coefficient (Wildman–Crippen LogP) is 1.75. The van der Waals surface area contributed by atoms with Crippen LogP contribution in [0.2, 0.25) is 0 Å². The van der Waals surface area contributed by atoms with Crippen LogP contribution >= 0.6 is 0 Å². The fraction of sp³-hybridized carbons (Fsp3) is 0.600. The second-order valence-corrected chi connectivity index (χ2v) is 4.39. The lowest BCUT2D eigenvalue weighted by atomic mass is 9.70. The minimum atomic E-state index is -0.596. The molecular weight excluding hydrogens is 152 g/mol. The van der Waals surface area contributed by atoms with Gasteiger partial charge in [0.2, 0.25) is 0 Å². The third kappa shape index (κ3) is 0.752.